The minimum atomic E-state index is 0.0622. The molecule has 2 N–H and O–H groups in total. The Labute approximate surface area is 122 Å². The van der Waals surface area contributed by atoms with Crippen LogP contribution in [0.3, 0.4) is 0 Å². The normalized spacial score (nSPS) is 10.9. The largest absolute Gasteiger partial charge is 0.496 e. The van der Waals surface area contributed by atoms with E-state index in [-0.39, 0.29) is 5.92 Å². The summed E-state index contributed by atoms with van der Waals surface area (Å²) in [5, 5.41) is 0.669. The Hall–Kier alpha value is -2.13. The summed E-state index contributed by atoms with van der Waals surface area (Å²) in [5.74, 6) is 0.846. The molecule has 20 heavy (non-hydrogen) atoms. The van der Waals surface area contributed by atoms with Crippen LogP contribution < -0.4 is 4.74 Å². The highest BCUT2D eigenvalue weighted by molar-refractivity contribution is 6.30. The third-order valence-corrected chi connectivity index (χ3v) is 3.61. The van der Waals surface area contributed by atoms with Crippen molar-refractivity contribution in [3.8, 4) is 5.75 Å². The fourth-order valence-electron chi connectivity index (χ4n) is 2.47. The summed E-state index contributed by atoms with van der Waals surface area (Å²) in [7, 11) is 1.66. The number of rotatable bonds is 4. The smallest absolute Gasteiger partial charge is 0.124 e. The zero-order valence-corrected chi connectivity index (χ0v) is 11.8. The molecule has 0 aliphatic heterocycles. The fraction of sp³-hybridized carbons (Fsp3) is 0.125. The van der Waals surface area contributed by atoms with E-state index in [1.807, 2.05) is 42.7 Å². The van der Waals surface area contributed by atoms with Crippen molar-refractivity contribution in [3.05, 3.63) is 76.8 Å². The van der Waals surface area contributed by atoms with Gasteiger partial charge in [0.1, 0.15) is 5.75 Å². The Balaban J connectivity index is 2.16. The summed E-state index contributed by atoms with van der Waals surface area (Å²) in [5.41, 5.74) is 3.28. The molecule has 0 aliphatic rings. The molecule has 0 saturated carbocycles. The average molecular weight is 287 g/mol. The fourth-order valence-corrected chi connectivity index (χ4v) is 2.64. The lowest BCUT2D eigenvalue weighted by molar-refractivity contribution is 0.408. The highest BCUT2D eigenvalue weighted by Crippen LogP contribution is 2.36. The van der Waals surface area contributed by atoms with Gasteiger partial charge in [0.05, 0.1) is 13.0 Å². The topological polar surface area (TPSA) is 40.8 Å². The van der Waals surface area contributed by atoms with Crippen LogP contribution in [0.15, 0.2) is 54.9 Å². The maximum absolute atomic E-state index is 6.05. The SMILES string of the molecule is COc1cc(Cl)ccc1C(c1ccc[nH]1)c1ccc[nH]1. The van der Waals surface area contributed by atoms with Gasteiger partial charge >= 0.3 is 0 Å². The molecule has 0 atom stereocenters. The zero-order valence-electron chi connectivity index (χ0n) is 11.1. The van der Waals surface area contributed by atoms with E-state index in [1.165, 1.54) is 0 Å². The van der Waals surface area contributed by atoms with Gasteiger partial charge in [-0.3, -0.25) is 0 Å². The van der Waals surface area contributed by atoms with Gasteiger partial charge in [-0.2, -0.15) is 0 Å². The highest BCUT2D eigenvalue weighted by atomic mass is 35.5. The standard InChI is InChI=1S/C16H15ClN2O/c1-20-15-10-11(17)6-7-12(15)16(13-4-2-8-18-13)14-5-3-9-19-14/h2-10,16,18-19H,1H3. The lowest BCUT2D eigenvalue weighted by atomic mass is 9.92. The number of benzene rings is 1. The molecule has 0 amide bonds. The number of ether oxygens (including phenoxy) is 1. The first-order valence-corrected chi connectivity index (χ1v) is 6.77. The third kappa shape index (κ3) is 2.32. The van der Waals surface area contributed by atoms with E-state index < -0.39 is 0 Å². The van der Waals surface area contributed by atoms with Crippen LogP contribution in [0.5, 0.6) is 5.75 Å². The molecule has 102 valence electrons. The van der Waals surface area contributed by atoms with Crippen molar-refractivity contribution in [1.29, 1.82) is 0 Å². The van der Waals surface area contributed by atoms with Crippen LogP contribution in [-0.4, -0.2) is 17.1 Å². The number of methoxy groups -OCH3 is 1. The Morgan fingerprint density at radius 3 is 2.15 bits per heavy atom. The summed E-state index contributed by atoms with van der Waals surface area (Å²) >= 11 is 6.05. The van der Waals surface area contributed by atoms with E-state index in [0.29, 0.717) is 5.02 Å². The molecule has 3 rings (SSSR count). The predicted molar refractivity (Wildman–Crippen MR) is 80.5 cm³/mol. The molecule has 0 bridgehead atoms. The first-order chi connectivity index (χ1) is 9.79. The zero-order chi connectivity index (χ0) is 13.9. The minimum Gasteiger partial charge on any atom is -0.496 e. The summed E-state index contributed by atoms with van der Waals surface area (Å²) in [6.07, 6.45) is 3.85. The van der Waals surface area contributed by atoms with E-state index in [9.17, 15) is 0 Å². The summed E-state index contributed by atoms with van der Waals surface area (Å²) in [6.45, 7) is 0. The Morgan fingerprint density at radius 1 is 1.00 bits per heavy atom. The number of hydrogen-bond donors (Lipinski definition) is 2. The number of hydrogen-bond acceptors (Lipinski definition) is 1. The summed E-state index contributed by atoms with van der Waals surface area (Å²) in [4.78, 5) is 6.56. The molecule has 0 radical (unpaired) electrons. The van der Waals surface area contributed by atoms with Gasteiger partial charge < -0.3 is 14.7 Å². The molecule has 0 aliphatic carbocycles. The maximum atomic E-state index is 6.05. The number of H-pyrrole nitrogens is 2. The average Bonchev–Trinajstić information content (AvgIpc) is 3.14. The molecule has 0 spiro atoms. The van der Waals surface area contributed by atoms with Crippen LogP contribution in [0.4, 0.5) is 0 Å². The highest BCUT2D eigenvalue weighted by Gasteiger charge is 2.22. The van der Waals surface area contributed by atoms with Crippen LogP contribution in [0.25, 0.3) is 0 Å². The van der Waals surface area contributed by atoms with Crippen molar-refractivity contribution >= 4 is 11.6 Å². The summed E-state index contributed by atoms with van der Waals surface area (Å²) < 4.78 is 5.49. The van der Waals surface area contributed by atoms with Crippen LogP contribution in [0.1, 0.15) is 22.9 Å². The molecule has 3 aromatic rings. The van der Waals surface area contributed by atoms with Crippen molar-refractivity contribution < 1.29 is 4.74 Å². The minimum absolute atomic E-state index is 0.0622. The van der Waals surface area contributed by atoms with Crippen LogP contribution in [0, 0.1) is 0 Å². The molecule has 0 fully saturated rings. The van der Waals surface area contributed by atoms with Crippen LogP contribution >= 0.6 is 11.6 Å². The molecule has 3 nitrogen and oxygen atoms in total. The molecular formula is C16H15ClN2O. The molecule has 0 unspecified atom stereocenters. The van der Waals surface area contributed by atoms with Gasteiger partial charge in [-0.05, 0) is 36.4 Å². The third-order valence-electron chi connectivity index (χ3n) is 3.37. The Bertz CT molecular complexity index is 640. The second-order valence-electron chi connectivity index (χ2n) is 4.57. The van der Waals surface area contributed by atoms with Gasteiger partial charge in [0.25, 0.3) is 0 Å². The second-order valence-corrected chi connectivity index (χ2v) is 5.01. The van der Waals surface area contributed by atoms with E-state index >= 15 is 0 Å². The molecular weight excluding hydrogens is 272 g/mol. The van der Waals surface area contributed by atoms with Crippen LogP contribution in [0.2, 0.25) is 5.02 Å². The van der Waals surface area contributed by atoms with Gasteiger partial charge in [-0.1, -0.05) is 17.7 Å². The first-order valence-electron chi connectivity index (χ1n) is 6.39. The number of halogens is 1. The lowest BCUT2D eigenvalue weighted by Crippen LogP contribution is -2.06. The van der Waals surface area contributed by atoms with E-state index in [1.54, 1.807) is 7.11 Å². The second kappa shape index (κ2) is 5.47. The van der Waals surface area contributed by atoms with E-state index in [0.717, 1.165) is 22.7 Å². The number of aromatic nitrogens is 2. The van der Waals surface area contributed by atoms with Crippen LogP contribution in [-0.2, 0) is 0 Å². The quantitative estimate of drug-likeness (QED) is 0.742. The van der Waals surface area contributed by atoms with Gasteiger partial charge in [-0.15, -0.1) is 0 Å². The van der Waals surface area contributed by atoms with Crippen molar-refractivity contribution in [1.82, 2.24) is 9.97 Å². The number of aromatic amines is 2. The van der Waals surface area contributed by atoms with Crippen molar-refractivity contribution in [2.75, 3.05) is 7.11 Å². The van der Waals surface area contributed by atoms with Gasteiger partial charge in [0, 0.05) is 34.4 Å². The molecule has 4 heteroatoms. The lowest BCUT2D eigenvalue weighted by Gasteiger charge is -2.18. The maximum Gasteiger partial charge on any atom is 0.124 e. The molecule has 1 aromatic carbocycles. The predicted octanol–water partition coefficient (Wildman–Crippen LogP) is 4.19. The number of nitrogens with one attached hydrogen (secondary N) is 2. The first kappa shape index (κ1) is 12.9. The van der Waals surface area contributed by atoms with Crippen molar-refractivity contribution in [3.63, 3.8) is 0 Å². The van der Waals surface area contributed by atoms with Crippen molar-refractivity contribution in [2.45, 2.75) is 5.92 Å². The van der Waals surface area contributed by atoms with Gasteiger partial charge in [0.2, 0.25) is 0 Å². The Kier molecular flexibility index (Phi) is 3.52. The molecule has 2 heterocycles. The molecule has 2 aromatic heterocycles. The summed E-state index contributed by atoms with van der Waals surface area (Å²) in [6, 6.07) is 13.9. The Morgan fingerprint density at radius 2 is 1.65 bits per heavy atom. The van der Waals surface area contributed by atoms with Crippen molar-refractivity contribution in [2.24, 2.45) is 0 Å². The van der Waals surface area contributed by atoms with Gasteiger partial charge in [-0.25, -0.2) is 0 Å². The molecule has 0 saturated heterocycles. The van der Waals surface area contributed by atoms with Gasteiger partial charge in [0.15, 0.2) is 0 Å². The monoisotopic (exact) mass is 286 g/mol. The van der Waals surface area contributed by atoms with E-state index in [4.69, 9.17) is 16.3 Å². The van der Waals surface area contributed by atoms with E-state index in [2.05, 4.69) is 22.1 Å².